The summed E-state index contributed by atoms with van der Waals surface area (Å²) in [6.07, 6.45) is 7.05. The molecule has 0 aliphatic heterocycles. The average molecular weight is 383 g/mol. The minimum Gasteiger partial charge on any atom is -0.349 e. The number of carbonyl (C=O) groups is 1. The number of nitrogens with zero attached hydrogens (tertiary/aromatic N) is 3. The number of non-ortho nitro benzene ring substituents is 1. The number of aryl methyl sites for hydroxylation is 1. The molecule has 0 spiro atoms. The Bertz CT molecular complexity index is 878. The third kappa shape index (κ3) is 3.52. The molecule has 1 aromatic heterocycles. The van der Waals surface area contributed by atoms with Gasteiger partial charge in [-0.25, -0.2) is 0 Å². The molecule has 0 radical (unpaired) electrons. The van der Waals surface area contributed by atoms with Crippen LogP contribution in [0.1, 0.15) is 42.5 Å². The molecule has 4 rings (SSSR count). The van der Waals surface area contributed by atoms with Crippen LogP contribution >= 0.6 is 0 Å². The fourth-order valence-electron chi connectivity index (χ4n) is 4.86. The molecule has 2 unspecified atom stereocenters. The van der Waals surface area contributed by atoms with Crippen LogP contribution in [0.25, 0.3) is 11.3 Å². The lowest BCUT2D eigenvalue weighted by molar-refractivity contribution is -0.384. The minimum atomic E-state index is -0.442. The number of rotatable bonds is 4. The van der Waals surface area contributed by atoms with Gasteiger partial charge in [0.05, 0.1) is 10.5 Å². The topological polar surface area (TPSA) is 116 Å². The Kier molecular flexibility index (Phi) is 4.89. The Morgan fingerprint density at radius 1 is 1.25 bits per heavy atom. The summed E-state index contributed by atoms with van der Waals surface area (Å²) >= 11 is 0. The van der Waals surface area contributed by atoms with Crippen LogP contribution in [0.5, 0.6) is 0 Å². The predicted octanol–water partition coefficient (Wildman–Crippen LogP) is 2.63. The zero-order chi connectivity index (χ0) is 19.8. The smallest absolute Gasteiger partial charge is 0.269 e. The fourth-order valence-corrected chi connectivity index (χ4v) is 4.86. The van der Waals surface area contributed by atoms with E-state index in [4.69, 9.17) is 5.73 Å². The van der Waals surface area contributed by atoms with E-state index in [1.807, 2.05) is 0 Å². The quantitative estimate of drug-likeness (QED) is 0.622. The first-order chi connectivity index (χ1) is 13.4. The molecule has 1 heterocycles. The van der Waals surface area contributed by atoms with Crippen LogP contribution in [0.15, 0.2) is 30.5 Å². The lowest BCUT2D eigenvalue weighted by Gasteiger charge is -2.45. The second-order valence-electron chi connectivity index (χ2n) is 8.05. The van der Waals surface area contributed by atoms with Gasteiger partial charge in [-0.2, -0.15) is 5.10 Å². The Balaban J connectivity index is 1.58. The lowest BCUT2D eigenvalue weighted by Crippen LogP contribution is -2.53. The Hall–Kier alpha value is -2.74. The highest BCUT2D eigenvalue weighted by Crippen LogP contribution is 2.40. The lowest BCUT2D eigenvalue weighted by atomic mass is 9.67. The van der Waals surface area contributed by atoms with Gasteiger partial charge in [0.1, 0.15) is 5.69 Å². The number of benzene rings is 1. The predicted molar refractivity (Wildman–Crippen MR) is 105 cm³/mol. The number of fused-ring (bicyclic) bond motifs is 2. The van der Waals surface area contributed by atoms with Gasteiger partial charge in [-0.05, 0) is 49.7 Å². The molecule has 2 saturated carbocycles. The van der Waals surface area contributed by atoms with Gasteiger partial charge in [-0.15, -0.1) is 0 Å². The minimum absolute atomic E-state index is 0.0112. The first-order valence-corrected chi connectivity index (χ1v) is 9.77. The SMILES string of the molecule is Cn1cc(C(=O)NC2C3CCCC2CC(N)C3)c(-c2ccc([N+](=O)[O-])cc2)n1. The van der Waals surface area contributed by atoms with E-state index < -0.39 is 4.92 Å². The maximum Gasteiger partial charge on any atom is 0.269 e. The summed E-state index contributed by atoms with van der Waals surface area (Å²) in [7, 11) is 1.76. The number of carbonyl (C=O) groups excluding carboxylic acids is 1. The largest absolute Gasteiger partial charge is 0.349 e. The molecular weight excluding hydrogens is 358 g/mol. The number of nitro groups is 1. The molecule has 1 amide bonds. The van der Waals surface area contributed by atoms with Crippen LogP contribution in [0.3, 0.4) is 0 Å². The van der Waals surface area contributed by atoms with Crippen molar-refractivity contribution in [3.05, 3.63) is 46.1 Å². The summed E-state index contributed by atoms with van der Waals surface area (Å²) in [4.78, 5) is 23.5. The van der Waals surface area contributed by atoms with Gasteiger partial charge in [-0.1, -0.05) is 6.42 Å². The first-order valence-electron chi connectivity index (χ1n) is 9.77. The van der Waals surface area contributed by atoms with Crippen molar-refractivity contribution in [2.24, 2.45) is 24.6 Å². The zero-order valence-corrected chi connectivity index (χ0v) is 15.9. The molecule has 0 saturated heterocycles. The van der Waals surface area contributed by atoms with Gasteiger partial charge in [0.25, 0.3) is 11.6 Å². The van der Waals surface area contributed by atoms with Crippen molar-refractivity contribution in [2.45, 2.75) is 44.2 Å². The van der Waals surface area contributed by atoms with Crippen molar-refractivity contribution < 1.29 is 9.72 Å². The van der Waals surface area contributed by atoms with Gasteiger partial charge in [0.15, 0.2) is 0 Å². The third-order valence-electron chi connectivity index (χ3n) is 6.10. The summed E-state index contributed by atoms with van der Waals surface area (Å²) in [5.74, 6) is 0.732. The van der Waals surface area contributed by atoms with Gasteiger partial charge in [0, 0.05) is 43.0 Å². The highest BCUT2D eigenvalue weighted by atomic mass is 16.6. The van der Waals surface area contributed by atoms with Crippen LogP contribution in [-0.2, 0) is 7.05 Å². The van der Waals surface area contributed by atoms with Crippen molar-refractivity contribution in [3.8, 4) is 11.3 Å². The number of amides is 1. The van der Waals surface area contributed by atoms with E-state index in [2.05, 4.69) is 10.4 Å². The molecule has 2 aromatic rings. The molecule has 3 N–H and O–H groups in total. The summed E-state index contributed by atoms with van der Waals surface area (Å²) in [6.45, 7) is 0. The second kappa shape index (κ2) is 7.35. The number of aromatic nitrogens is 2. The van der Waals surface area contributed by atoms with Crippen molar-refractivity contribution in [3.63, 3.8) is 0 Å². The number of nitrogens with one attached hydrogen (secondary N) is 1. The van der Waals surface area contributed by atoms with Crippen molar-refractivity contribution >= 4 is 11.6 Å². The van der Waals surface area contributed by atoms with Gasteiger partial charge in [-0.3, -0.25) is 19.6 Å². The van der Waals surface area contributed by atoms with E-state index in [0.717, 1.165) is 25.7 Å². The van der Waals surface area contributed by atoms with Gasteiger partial charge in [0.2, 0.25) is 0 Å². The van der Waals surface area contributed by atoms with Crippen molar-refractivity contribution in [1.82, 2.24) is 15.1 Å². The molecular formula is C20H25N5O3. The second-order valence-corrected chi connectivity index (χ2v) is 8.05. The number of nitrogens with two attached hydrogens (primary N) is 1. The molecule has 148 valence electrons. The Morgan fingerprint density at radius 3 is 2.50 bits per heavy atom. The van der Waals surface area contributed by atoms with E-state index in [1.165, 1.54) is 18.6 Å². The maximum absolute atomic E-state index is 13.1. The normalized spacial score (nSPS) is 26.6. The van der Waals surface area contributed by atoms with E-state index in [9.17, 15) is 14.9 Å². The summed E-state index contributed by atoms with van der Waals surface area (Å²) in [6, 6.07) is 6.51. The monoisotopic (exact) mass is 383 g/mol. The Labute approximate surface area is 163 Å². The highest BCUT2D eigenvalue weighted by molar-refractivity contribution is 6.00. The van der Waals surface area contributed by atoms with E-state index >= 15 is 0 Å². The van der Waals surface area contributed by atoms with Crippen molar-refractivity contribution in [1.29, 1.82) is 0 Å². The number of hydrogen-bond acceptors (Lipinski definition) is 5. The molecule has 28 heavy (non-hydrogen) atoms. The molecule has 2 atom stereocenters. The molecule has 2 bridgehead atoms. The Morgan fingerprint density at radius 2 is 1.89 bits per heavy atom. The zero-order valence-electron chi connectivity index (χ0n) is 15.9. The number of hydrogen-bond donors (Lipinski definition) is 2. The molecule has 8 heteroatoms. The van der Waals surface area contributed by atoms with Crippen molar-refractivity contribution in [2.75, 3.05) is 0 Å². The molecule has 2 aliphatic carbocycles. The van der Waals surface area contributed by atoms with Gasteiger partial charge >= 0.3 is 0 Å². The standard InChI is InChI=1S/C20H25N5O3/c1-24-11-17(19(23-24)12-5-7-16(8-6-12)25(27)28)20(26)22-18-13-3-2-4-14(18)10-15(21)9-13/h5-8,11,13-15,18H,2-4,9-10,21H2,1H3,(H,22,26). The third-order valence-corrected chi connectivity index (χ3v) is 6.10. The summed E-state index contributed by atoms with van der Waals surface area (Å²) in [5, 5.41) is 18.6. The average Bonchev–Trinajstić information content (AvgIpc) is 3.04. The first kappa shape index (κ1) is 18.6. The van der Waals surface area contributed by atoms with Gasteiger partial charge < -0.3 is 11.1 Å². The van der Waals surface area contributed by atoms with Crippen LogP contribution in [0, 0.1) is 22.0 Å². The van der Waals surface area contributed by atoms with E-state index in [1.54, 1.807) is 30.1 Å². The van der Waals surface area contributed by atoms with Crippen LogP contribution in [0.2, 0.25) is 0 Å². The summed E-state index contributed by atoms with van der Waals surface area (Å²) < 4.78 is 1.60. The molecule has 1 aromatic carbocycles. The highest BCUT2D eigenvalue weighted by Gasteiger charge is 2.40. The summed E-state index contributed by atoms with van der Waals surface area (Å²) in [5.41, 5.74) is 7.91. The molecule has 8 nitrogen and oxygen atoms in total. The van der Waals surface area contributed by atoms with Crippen LogP contribution < -0.4 is 11.1 Å². The maximum atomic E-state index is 13.1. The van der Waals surface area contributed by atoms with Crippen LogP contribution in [0.4, 0.5) is 5.69 Å². The van der Waals surface area contributed by atoms with E-state index in [0.29, 0.717) is 28.7 Å². The fraction of sp³-hybridized carbons (Fsp3) is 0.500. The molecule has 2 aliphatic rings. The van der Waals surface area contributed by atoms with Crippen LogP contribution in [-0.4, -0.2) is 32.7 Å². The van der Waals surface area contributed by atoms with E-state index in [-0.39, 0.29) is 23.7 Å². The number of nitro benzene ring substituents is 1. The molecule has 2 fully saturated rings.